The first-order valence-electron chi connectivity index (χ1n) is 4.88. The van der Waals surface area contributed by atoms with Crippen LogP contribution >= 0.6 is 11.6 Å². The summed E-state index contributed by atoms with van der Waals surface area (Å²) in [5.74, 6) is 0.527. The van der Waals surface area contributed by atoms with Crippen LogP contribution in [0.5, 0.6) is 0 Å². The molecule has 0 amide bonds. The highest BCUT2D eigenvalue weighted by molar-refractivity contribution is 7.91. The van der Waals surface area contributed by atoms with E-state index in [1.807, 2.05) is 6.07 Å². The molecule has 1 aromatic carbocycles. The molecule has 0 radical (unpaired) electrons. The fourth-order valence-corrected chi connectivity index (χ4v) is 3.38. The summed E-state index contributed by atoms with van der Waals surface area (Å²) in [6.45, 7) is 0.531. The molecule has 0 saturated carbocycles. The smallest absolute Gasteiger partial charge is 0.262 e. The van der Waals surface area contributed by atoms with E-state index < -0.39 is 11.2 Å². The number of halogens is 1. The molecule has 0 N–H and O–H groups in total. The van der Waals surface area contributed by atoms with Crippen molar-refractivity contribution < 1.29 is 4.55 Å². The van der Waals surface area contributed by atoms with Gasteiger partial charge < -0.3 is 4.55 Å². The molecule has 82 valence electrons. The van der Waals surface area contributed by atoms with E-state index in [9.17, 15) is 9.35 Å². The van der Waals surface area contributed by atoms with Crippen LogP contribution < -0.4 is 5.56 Å². The van der Waals surface area contributed by atoms with Gasteiger partial charge in [-0.3, -0.25) is 9.36 Å². The Balaban J connectivity index is 2.44. The molecule has 1 aromatic heterocycles. The molecule has 5 heteroatoms. The van der Waals surface area contributed by atoms with Crippen molar-refractivity contribution in [2.45, 2.75) is 11.6 Å². The zero-order chi connectivity index (χ0) is 11.3. The molecule has 3 nitrogen and oxygen atoms in total. The Morgan fingerprint density at radius 1 is 1.38 bits per heavy atom. The van der Waals surface area contributed by atoms with Crippen molar-refractivity contribution in [3.05, 3.63) is 39.6 Å². The lowest BCUT2D eigenvalue weighted by Gasteiger charge is -2.05. The van der Waals surface area contributed by atoms with Crippen LogP contribution in [0.3, 0.4) is 0 Å². The normalized spacial score (nSPS) is 19.0. The summed E-state index contributed by atoms with van der Waals surface area (Å²) in [4.78, 5) is 12.1. The standard InChI is InChI=1S/C11H8ClNO2S/c12-8-2-1-7-5-10-13(3-4-16(10)15)11(14)9(7)6-8/h1-2,5-6H,3-4H2. The van der Waals surface area contributed by atoms with Crippen LogP contribution in [0.1, 0.15) is 0 Å². The Morgan fingerprint density at radius 2 is 2.19 bits per heavy atom. The fraction of sp³-hybridized carbons (Fsp3) is 0.182. The van der Waals surface area contributed by atoms with Gasteiger partial charge in [-0.05, 0) is 17.5 Å². The van der Waals surface area contributed by atoms with Gasteiger partial charge in [0, 0.05) is 27.7 Å². The maximum Gasteiger partial charge on any atom is 0.262 e. The molecule has 1 aliphatic rings. The van der Waals surface area contributed by atoms with Crippen LogP contribution in [0.25, 0.3) is 10.8 Å². The van der Waals surface area contributed by atoms with E-state index in [1.165, 1.54) is 0 Å². The average molecular weight is 254 g/mol. The molecule has 2 heterocycles. The molecule has 1 atom stereocenters. The lowest BCUT2D eigenvalue weighted by Crippen LogP contribution is -2.19. The predicted octanol–water partition coefficient (Wildman–Crippen LogP) is 1.78. The van der Waals surface area contributed by atoms with Gasteiger partial charge in [0.2, 0.25) is 5.03 Å². The van der Waals surface area contributed by atoms with E-state index in [1.54, 1.807) is 22.8 Å². The number of hydrogen-bond donors (Lipinski definition) is 0. The van der Waals surface area contributed by atoms with Gasteiger partial charge >= 0.3 is 0 Å². The Morgan fingerprint density at radius 3 is 3.00 bits per heavy atom. The minimum absolute atomic E-state index is 0.0964. The third kappa shape index (κ3) is 1.38. The van der Waals surface area contributed by atoms with Gasteiger partial charge in [-0.25, -0.2) is 0 Å². The lowest BCUT2D eigenvalue weighted by atomic mass is 10.2. The number of fused-ring (bicyclic) bond motifs is 2. The SMILES string of the molecule is O=c1c2cc(Cl)ccc2cc2n1CC[S+]2[O-]. The van der Waals surface area contributed by atoms with Crippen molar-refractivity contribution in [1.29, 1.82) is 0 Å². The number of aromatic nitrogens is 1. The number of benzene rings is 1. The van der Waals surface area contributed by atoms with Crippen LogP contribution in [-0.2, 0) is 17.7 Å². The molecule has 0 spiro atoms. The highest BCUT2D eigenvalue weighted by atomic mass is 35.5. The van der Waals surface area contributed by atoms with E-state index in [0.29, 0.717) is 27.7 Å². The van der Waals surface area contributed by atoms with Crippen molar-refractivity contribution in [1.82, 2.24) is 4.57 Å². The third-order valence-electron chi connectivity index (χ3n) is 2.77. The van der Waals surface area contributed by atoms with Crippen LogP contribution in [0, 0.1) is 0 Å². The summed E-state index contributed by atoms with van der Waals surface area (Å²) in [7, 11) is 0. The van der Waals surface area contributed by atoms with Crippen LogP contribution in [0.15, 0.2) is 34.1 Å². The molecule has 1 aliphatic heterocycles. The van der Waals surface area contributed by atoms with Gasteiger partial charge in [-0.2, -0.15) is 0 Å². The average Bonchev–Trinajstić information content (AvgIpc) is 2.63. The molecule has 0 saturated heterocycles. The molecule has 16 heavy (non-hydrogen) atoms. The first-order valence-corrected chi connectivity index (χ1v) is 6.58. The van der Waals surface area contributed by atoms with Gasteiger partial charge in [0.25, 0.3) is 5.56 Å². The van der Waals surface area contributed by atoms with Gasteiger partial charge in [-0.15, -0.1) is 0 Å². The maximum absolute atomic E-state index is 12.1. The minimum Gasteiger partial charge on any atom is -0.610 e. The van der Waals surface area contributed by atoms with Crippen molar-refractivity contribution in [3.63, 3.8) is 0 Å². The first-order chi connectivity index (χ1) is 7.66. The molecular weight excluding hydrogens is 246 g/mol. The zero-order valence-electron chi connectivity index (χ0n) is 8.27. The Kier molecular flexibility index (Phi) is 2.24. The molecule has 0 aliphatic carbocycles. The van der Waals surface area contributed by atoms with Crippen molar-refractivity contribution in [3.8, 4) is 0 Å². The number of nitrogens with zero attached hydrogens (tertiary/aromatic N) is 1. The highest BCUT2D eigenvalue weighted by Crippen LogP contribution is 2.23. The van der Waals surface area contributed by atoms with E-state index in [4.69, 9.17) is 11.6 Å². The van der Waals surface area contributed by atoms with Gasteiger partial charge in [-0.1, -0.05) is 17.7 Å². The second kappa shape index (κ2) is 3.52. The van der Waals surface area contributed by atoms with E-state index in [-0.39, 0.29) is 5.56 Å². The Labute approximate surface area is 99.8 Å². The van der Waals surface area contributed by atoms with Crippen LogP contribution in [-0.4, -0.2) is 14.9 Å². The molecular formula is C11H8ClNO2S. The molecule has 0 bridgehead atoms. The van der Waals surface area contributed by atoms with Gasteiger partial charge in [0.05, 0.1) is 6.54 Å². The number of rotatable bonds is 0. The third-order valence-corrected chi connectivity index (χ3v) is 4.36. The Hall–Kier alpha value is -0.970. The second-order valence-corrected chi connectivity index (χ2v) is 5.67. The molecule has 3 rings (SSSR count). The van der Waals surface area contributed by atoms with Crippen molar-refractivity contribution >= 4 is 33.5 Å². The number of hydrogen-bond acceptors (Lipinski definition) is 2. The van der Waals surface area contributed by atoms with Gasteiger partial charge in [0.1, 0.15) is 5.75 Å². The molecule has 2 aromatic rings. The van der Waals surface area contributed by atoms with E-state index >= 15 is 0 Å². The van der Waals surface area contributed by atoms with Gasteiger partial charge in [0.15, 0.2) is 0 Å². The van der Waals surface area contributed by atoms with Crippen LogP contribution in [0.4, 0.5) is 0 Å². The minimum atomic E-state index is -1.04. The highest BCUT2D eigenvalue weighted by Gasteiger charge is 2.26. The summed E-state index contributed by atoms with van der Waals surface area (Å²) >= 11 is 4.82. The second-order valence-electron chi connectivity index (χ2n) is 3.72. The topological polar surface area (TPSA) is 45.1 Å². The van der Waals surface area contributed by atoms with Crippen LogP contribution in [0.2, 0.25) is 5.02 Å². The first kappa shape index (κ1) is 10.2. The largest absolute Gasteiger partial charge is 0.610 e. The maximum atomic E-state index is 12.1. The van der Waals surface area contributed by atoms with E-state index in [2.05, 4.69) is 0 Å². The molecule has 0 fully saturated rings. The number of pyridine rings is 1. The Bertz CT molecular complexity index is 638. The fourth-order valence-electron chi connectivity index (χ4n) is 1.98. The zero-order valence-corrected chi connectivity index (χ0v) is 9.85. The quantitative estimate of drug-likeness (QED) is 0.672. The summed E-state index contributed by atoms with van der Waals surface area (Å²) < 4.78 is 13.2. The summed E-state index contributed by atoms with van der Waals surface area (Å²) in [5, 5.41) is 2.56. The summed E-state index contributed by atoms with van der Waals surface area (Å²) in [6.07, 6.45) is 0. The predicted molar refractivity (Wildman–Crippen MR) is 64.5 cm³/mol. The summed E-state index contributed by atoms with van der Waals surface area (Å²) in [6, 6.07) is 7.00. The monoisotopic (exact) mass is 253 g/mol. The van der Waals surface area contributed by atoms with E-state index in [0.717, 1.165) is 5.39 Å². The lowest BCUT2D eigenvalue weighted by molar-refractivity contribution is 0.597. The van der Waals surface area contributed by atoms with Crippen molar-refractivity contribution in [2.75, 3.05) is 5.75 Å². The van der Waals surface area contributed by atoms with Crippen molar-refractivity contribution in [2.24, 2.45) is 0 Å². The molecule has 1 unspecified atom stereocenters. The summed E-state index contributed by atoms with van der Waals surface area (Å²) in [5.41, 5.74) is -0.0964.